The summed E-state index contributed by atoms with van der Waals surface area (Å²) in [6.07, 6.45) is 0.706. The van der Waals surface area contributed by atoms with E-state index in [0.29, 0.717) is 0 Å². The smallest absolute Gasteiger partial charge is 0.412 e. The van der Waals surface area contributed by atoms with Crippen LogP contribution in [0.2, 0.25) is 0 Å². The minimum atomic E-state index is -0.656. The van der Waals surface area contributed by atoms with Crippen LogP contribution in [0.5, 0.6) is 0 Å². The van der Waals surface area contributed by atoms with Crippen molar-refractivity contribution in [2.75, 3.05) is 12.4 Å². The quantitative estimate of drug-likeness (QED) is 0.644. The number of ether oxygens (including phenoxy) is 1. The molecule has 1 rings (SSSR count). The number of methoxy groups -OCH3 is 1. The number of primary amides is 1. The fourth-order valence-electron chi connectivity index (χ4n) is 0.748. The molecule has 0 aromatic carbocycles. The molecule has 76 valence electrons. The molecule has 1 aromatic heterocycles. The molecule has 8 nitrogen and oxygen atoms in total. The predicted molar refractivity (Wildman–Crippen MR) is 45.2 cm³/mol. The molecular formula is C6H9N5O3. The van der Waals surface area contributed by atoms with Crippen LogP contribution in [0.4, 0.5) is 10.6 Å². The van der Waals surface area contributed by atoms with Crippen molar-refractivity contribution < 1.29 is 14.3 Å². The average molecular weight is 199 g/mol. The van der Waals surface area contributed by atoms with Gasteiger partial charge in [-0.05, 0) is 0 Å². The molecule has 3 N–H and O–H groups in total. The molecule has 0 saturated heterocycles. The molecule has 0 radical (unpaired) electrons. The van der Waals surface area contributed by atoms with Crippen molar-refractivity contribution in [2.24, 2.45) is 5.73 Å². The molecule has 0 fully saturated rings. The Morgan fingerprint density at radius 2 is 2.43 bits per heavy atom. The Hall–Kier alpha value is -2.12. The van der Waals surface area contributed by atoms with Crippen LogP contribution in [0.3, 0.4) is 0 Å². The van der Waals surface area contributed by atoms with Crippen LogP contribution in [-0.4, -0.2) is 34.1 Å². The van der Waals surface area contributed by atoms with E-state index in [1.165, 1.54) is 18.0 Å². The second-order valence-electron chi connectivity index (χ2n) is 2.38. The van der Waals surface area contributed by atoms with E-state index >= 15 is 0 Å². The number of nitrogens with two attached hydrogens (primary N) is 1. The average Bonchev–Trinajstić information content (AvgIpc) is 2.51. The first kappa shape index (κ1) is 9.96. The topological polar surface area (TPSA) is 112 Å². The third-order valence-electron chi connectivity index (χ3n) is 1.27. The lowest BCUT2D eigenvalue weighted by Crippen LogP contribution is -2.18. The number of aromatic nitrogens is 3. The summed E-state index contributed by atoms with van der Waals surface area (Å²) in [7, 11) is 1.23. The van der Waals surface area contributed by atoms with Crippen molar-refractivity contribution in [1.29, 1.82) is 0 Å². The Labute approximate surface area is 79.0 Å². The van der Waals surface area contributed by atoms with Crippen molar-refractivity contribution in [3.05, 3.63) is 6.20 Å². The zero-order valence-electron chi connectivity index (χ0n) is 7.43. The number of carbonyl (C=O) groups excluding carboxylic acids is 2. The number of rotatable bonds is 3. The number of hydrogen-bond acceptors (Lipinski definition) is 5. The van der Waals surface area contributed by atoms with Gasteiger partial charge >= 0.3 is 6.09 Å². The molecule has 0 atom stereocenters. The Kier molecular flexibility index (Phi) is 3.00. The molecule has 0 spiro atoms. The molecule has 14 heavy (non-hydrogen) atoms. The highest BCUT2D eigenvalue weighted by molar-refractivity contribution is 5.82. The van der Waals surface area contributed by atoms with Crippen LogP contribution in [0.15, 0.2) is 6.20 Å². The summed E-state index contributed by atoms with van der Waals surface area (Å²) in [6.45, 7) is -0.0874. The van der Waals surface area contributed by atoms with Gasteiger partial charge in [0.1, 0.15) is 6.54 Å². The van der Waals surface area contributed by atoms with Gasteiger partial charge in [-0.25, -0.2) is 9.48 Å². The number of hydrogen-bond donors (Lipinski definition) is 2. The molecule has 0 aliphatic rings. The first-order chi connectivity index (χ1) is 6.61. The van der Waals surface area contributed by atoms with E-state index in [0.717, 1.165) is 0 Å². The fourth-order valence-corrected chi connectivity index (χ4v) is 0.748. The van der Waals surface area contributed by atoms with Gasteiger partial charge in [0.2, 0.25) is 5.91 Å². The molecule has 1 aromatic rings. The zero-order chi connectivity index (χ0) is 10.6. The highest BCUT2D eigenvalue weighted by Gasteiger charge is 2.05. The lowest BCUT2D eigenvalue weighted by Gasteiger charge is -1.96. The molecule has 2 amide bonds. The summed E-state index contributed by atoms with van der Waals surface area (Å²) in [4.78, 5) is 21.2. The van der Waals surface area contributed by atoms with Gasteiger partial charge in [-0.1, -0.05) is 5.21 Å². The molecule has 0 aliphatic heterocycles. The lowest BCUT2D eigenvalue weighted by atomic mass is 10.6. The number of nitrogens with zero attached hydrogens (tertiary/aromatic N) is 3. The number of anilines is 1. The minimum Gasteiger partial charge on any atom is -0.453 e. The van der Waals surface area contributed by atoms with Crippen LogP contribution in [-0.2, 0) is 16.1 Å². The number of amides is 2. The van der Waals surface area contributed by atoms with Crippen LogP contribution < -0.4 is 11.1 Å². The van der Waals surface area contributed by atoms with Gasteiger partial charge in [-0.2, -0.15) is 0 Å². The summed E-state index contributed by atoms with van der Waals surface area (Å²) in [6, 6.07) is 0. The van der Waals surface area contributed by atoms with E-state index in [1.54, 1.807) is 0 Å². The van der Waals surface area contributed by atoms with Crippen LogP contribution in [0.1, 0.15) is 0 Å². The van der Waals surface area contributed by atoms with Crippen LogP contribution >= 0.6 is 0 Å². The summed E-state index contributed by atoms with van der Waals surface area (Å²) in [5.41, 5.74) is 4.92. The van der Waals surface area contributed by atoms with Gasteiger partial charge in [0.05, 0.1) is 13.3 Å². The SMILES string of the molecule is COC(=O)Nc1cn(CC(N)=O)nn1. The Bertz CT molecular complexity index is 347. The highest BCUT2D eigenvalue weighted by atomic mass is 16.5. The first-order valence-electron chi connectivity index (χ1n) is 3.65. The largest absolute Gasteiger partial charge is 0.453 e. The van der Waals surface area contributed by atoms with E-state index < -0.39 is 12.0 Å². The van der Waals surface area contributed by atoms with Gasteiger partial charge in [-0.3, -0.25) is 10.1 Å². The Morgan fingerprint density at radius 1 is 1.71 bits per heavy atom. The van der Waals surface area contributed by atoms with E-state index in [2.05, 4.69) is 20.4 Å². The summed E-state index contributed by atoms with van der Waals surface area (Å²) in [5.74, 6) is -0.349. The molecule has 8 heteroatoms. The minimum absolute atomic E-state index is 0.0874. The second kappa shape index (κ2) is 4.21. The summed E-state index contributed by atoms with van der Waals surface area (Å²) < 4.78 is 5.53. The fraction of sp³-hybridized carbons (Fsp3) is 0.333. The number of carbonyl (C=O) groups is 2. The third kappa shape index (κ3) is 2.73. The van der Waals surface area contributed by atoms with Gasteiger partial charge < -0.3 is 10.5 Å². The molecular weight excluding hydrogens is 190 g/mol. The van der Waals surface area contributed by atoms with E-state index in [-0.39, 0.29) is 12.4 Å². The molecule has 0 unspecified atom stereocenters. The maximum absolute atomic E-state index is 10.7. The van der Waals surface area contributed by atoms with Crippen molar-refractivity contribution in [3.8, 4) is 0 Å². The Balaban J connectivity index is 2.59. The van der Waals surface area contributed by atoms with Gasteiger partial charge in [0, 0.05) is 0 Å². The molecule has 0 bridgehead atoms. The zero-order valence-corrected chi connectivity index (χ0v) is 7.43. The molecule has 1 heterocycles. The monoisotopic (exact) mass is 199 g/mol. The van der Waals surface area contributed by atoms with Crippen molar-refractivity contribution in [3.63, 3.8) is 0 Å². The normalized spacial score (nSPS) is 9.50. The van der Waals surface area contributed by atoms with E-state index in [9.17, 15) is 9.59 Å². The van der Waals surface area contributed by atoms with Crippen molar-refractivity contribution >= 4 is 17.8 Å². The van der Waals surface area contributed by atoms with E-state index in [4.69, 9.17) is 5.73 Å². The summed E-state index contributed by atoms with van der Waals surface area (Å²) in [5, 5.41) is 9.37. The Morgan fingerprint density at radius 3 is 3.00 bits per heavy atom. The van der Waals surface area contributed by atoms with Gasteiger partial charge in [-0.15, -0.1) is 5.10 Å². The molecule has 0 aliphatic carbocycles. The first-order valence-corrected chi connectivity index (χ1v) is 3.65. The lowest BCUT2D eigenvalue weighted by molar-refractivity contribution is -0.118. The number of nitrogens with one attached hydrogen (secondary N) is 1. The van der Waals surface area contributed by atoms with Crippen LogP contribution in [0.25, 0.3) is 0 Å². The maximum Gasteiger partial charge on any atom is 0.412 e. The van der Waals surface area contributed by atoms with Crippen molar-refractivity contribution in [2.45, 2.75) is 6.54 Å². The highest BCUT2D eigenvalue weighted by Crippen LogP contribution is 1.99. The van der Waals surface area contributed by atoms with Crippen molar-refractivity contribution in [1.82, 2.24) is 15.0 Å². The summed E-state index contributed by atoms with van der Waals surface area (Å²) >= 11 is 0. The third-order valence-corrected chi connectivity index (χ3v) is 1.27. The van der Waals surface area contributed by atoms with Gasteiger partial charge in [0.25, 0.3) is 0 Å². The standard InChI is InChI=1S/C6H9N5O3/c1-14-6(13)8-5-3-11(10-9-5)2-4(7)12/h3H,2H2,1H3,(H2,7,12)(H,8,13). The van der Waals surface area contributed by atoms with Crippen LogP contribution in [0, 0.1) is 0 Å². The predicted octanol–water partition coefficient (Wildman–Crippen LogP) is -1.06. The van der Waals surface area contributed by atoms with E-state index in [1.807, 2.05) is 0 Å². The maximum atomic E-state index is 10.7. The second-order valence-corrected chi connectivity index (χ2v) is 2.38. The van der Waals surface area contributed by atoms with Gasteiger partial charge in [0.15, 0.2) is 5.82 Å². The molecule has 0 saturated carbocycles.